The zero-order valence-corrected chi connectivity index (χ0v) is 11.6. The lowest BCUT2D eigenvalue weighted by atomic mass is 9.84. The third kappa shape index (κ3) is 3.24. The van der Waals surface area contributed by atoms with Gasteiger partial charge in [0.2, 0.25) is 0 Å². The van der Waals surface area contributed by atoms with Crippen molar-refractivity contribution in [3.63, 3.8) is 0 Å². The maximum absolute atomic E-state index is 11.1. The fourth-order valence-corrected chi connectivity index (χ4v) is 2.65. The highest BCUT2D eigenvalue weighted by molar-refractivity contribution is 5.87. The number of hydrogen-bond donors (Lipinski definition) is 1. The highest BCUT2D eigenvalue weighted by Crippen LogP contribution is 2.33. The molecule has 0 unspecified atom stereocenters. The topological polar surface area (TPSA) is 40.5 Å². The number of carbonyl (C=O) groups excluding carboxylic acids is 1. The first-order valence-corrected chi connectivity index (χ1v) is 6.73. The third-order valence-corrected chi connectivity index (χ3v) is 3.81. The number of allylic oxidation sites excluding steroid dienone is 2. The lowest BCUT2D eigenvalue weighted by Gasteiger charge is -2.40. The standard InChI is InChI=1S/C16H21NO2/c1-13(12-14(2)18)17-10-8-16(19,9-11-17)15-6-4-3-5-7-15/h3-7,12,19H,8-11H2,1-2H3. The Balaban J connectivity index is 2.05. The highest BCUT2D eigenvalue weighted by Gasteiger charge is 2.33. The van der Waals surface area contributed by atoms with Crippen molar-refractivity contribution in [2.45, 2.75) is 32.3 Å². The fraction of sp³-hybridized carbons (Fsp3) is 0.438. The van der Waals surface area contributed by atoms with Gasteiger partial charge in [-0.05, 0) is 38.3 Å². The molecule has 0 atom stereocenters. The van der Waals surface area contributed by atoms with E-state index in [2.05, 4.69) is 4.90 Å². The average Bonchev–Trinajstić information content (AvgIpc) is 2.40. The summed E-state index contributed by atoms with van der Waals surface area (Å²) in [5, 5.41) is 10.7. The molecule has 19 heavy (non-hydrogen) atoms. The number of rotatable bonds is 3. The van der Waals surface area contributed by atoms with E-state index in [4.69, 9.17) is 0 Å². The lowest BCUT2D eigenvalue weighted by molar-refractivity contribution is -0.112. The number of hydrogen-bond acceptors (Lipinski definition) is 3. The quantitative estimate of drug-likeness (QED) is 0.848. The molecule has 1 heterocycles. The van der Waals surface area contributed by atoms with E-state index in [1.165, 1.54) is 0 Å². The second kappa shape index (κ2) is 5.57. The van der Waals surface area contributed by atoms with Crippen molar-refractivity contribution in [1.82, 2.24) is 4.90 Å². The van der Waals surface area contributed by atoms with Gasteiger partial charge < -0.3 is 10.0 Å². The van der Waals surface area contributed by atoms with Crippen LogP contribution in [0.1, 0.15) is 32.3 Å². The number of benzene rings is 1. The first kappa shape index (κ1) is 13.8. The Morgan fingerprint density at radius 2 is 1.79 bits per heavy atom. The van der Waals surface area contributed by atoms with E-state index < -0.39 is 5.60 Å². The Bertz CT molecular complexity index is 471. The molecule has 0 bridgehead atoms. The van der Waals surface area contributed by atoms with Gasteiger partial charge in [0.15, 0.2) is 5.78 Å². The third-order valence-electron chi connectivity index (χ3n) is 3.81. The van der Waals surface area contributed by atoms with Crippen LogP contribution in [0.2, 0.25) is 0 Å². The van der Waals surface area contributed by atoms with Crippen LogP contribution in [0, 0.1) is 0 Å². The zero-order valence-electron chi connectivity index (χ0n) is 11.6. The molecule has 3 heteroatoms. The largest absolute Gasteiger partial charge is 0.385 e. The normalized spacial score (nSPS) is 19.3. The first-order valence-electron chi connectivity index (χ1n) is 6.73. The lowest BCUT2D eigenvalue weighted by Crippen LogP contribution is -2.41. The van der Waals surface area contributed by atoms with Gasteiger partial charge in [0.05, 0.1) is 5.60 Å². The number of aliphatic hydroxyl groups is 1. The Morgan fingerprint density at radius 3 is 2.32 bits per heavy atom. The van der Waals surface area contributed by atoms with Crippen molar-refractivity contribution >= 4 is 5.78 Å². The zero-order chi connectivity index (χ0) is 13.9. The first-order chi connectivity index (χ1) is 9.01. The summed E-state index contributed by atoms with van der Waals surface area (Å²) < 4.78 is 0. The van der Waals surface area contributed by atoms with Gasteiger partial charge in [-0.3, -0.25) is 4.79 Å². The minimum atomic E-state index is -0.728. The van der Waals surface area contributed by atoms with Crippen LogP contribution in [0.5, 0.6) is 0 Å². The van der Waals surface area contributed by atoms with E-state index in [-0.39, 0.29) is 5.78 Å². The summed E-state index contributed by atoms with van der Waals surface area (Å²) in [5.74, 6) is 0.0707. The minimum absolute atomic E-state index is 0.0707. The van der Waals surface area contributed by atoms with Gasteiger partial charge in [-0.15, -0.1) is 0 Å². The maximum atomic E-state index is 11.1. The Morgan fingerprint density at radius 1 is 1.21 bits per heavy atom. The van der Waals surface area contributed by atoms with Gasteiger partial charge in [0.1, 0.15) is 0 Å². The van der Waals surface area contributed by atoms with Gasteiger partial charge in [-0.25, -0.2) is 0 Å². The summed E-state index contributed by atoms with van der Waals surface area (Å²) in [6.45, 7) is 5.07. The molecule has 0 spiro atoms. The van der Waals surface area contributed by atoms with Crippen LogP contribution >= 0.6 is 0 Å². The van der Waals surface area contributed by atoms with E-state index in [0.29, 0.717) is 12.8 Å². The summed E-state index contributed by atoms with van der Waals surface area (Å²) in [6, 6.07) is 9.84. The second-order valence-electron chi connectivity index (χ2n) is 5.28. The molecule has 1 saturated heterocycles. The molecule has 1 aliphatic rings. The van der Waals surface area contributed by atoms with Gasteiger partial charge in [0, 0.05) is 18.8 Å². The van der Waals surface area contributed by atoms with Crippen LogP contribution in [-0.2, 0) is 10.4 Å². The van der Waals surface area contributed by atoms with Crippen molar-refractivity contribution in [3.8, 4) is 0 Å². The Labute approximate surface area is 114 Å². The SMILES string of the molecule is CC(=O)C=C(C)N1CCC(O)(c2ccccc2)CC1. The molecule has 102 valence electrons. The molecule has 0 radical (unpaired) electrons. The van der Waals surface area contributed by atoms with Gasteiger partial charge in [-0.2, -0.15) is 0 Å². The summed E-state index contributed by atoms with van der Waals surface area (Å²) in [5.41, 5.74) is 1.25. The predicted octanol–water partition coefficient (Wildman–Crippen LogP) is 2.46. The van der Waals surface area contributed by atoms with E-state index in [1.807, 2.05) is 37.3 Å². The van der Waals surface area contributed by atoms with Crippen LogP contribution in [0.15, 0.2) is 42.1 Å². The van der Waals surface area contributed by atoms with Crippen LogP contribution < -0.4 is 0 Å². The van der Waals surface area contributed by atoms with Gasteiger partial charge >= 0.3 is 0 Å². The van der Waals surface area contributed by atoms with E-state index >= 15 is 0 Å². The molecule has 1 aromatic rings. The Kier molecular flexibility index (Phi) is 4.05. The average molecular weight is 259 g/mol. The van der Waals surface area contributed by atoms with E-state index in [1.54, 1.807) is 13.0 Å². The summed E-state index contributed by atoms with van der Waals surface area (Å²) >= 11 is 0. The van der Waals surface area contributed by atoms with Crippen molar-refractivity contribution in [3.05, 3.63) is 47.7 Å². The number of carbonyl (C=O) groups is 1. The molecule has 1 fully saturated rings. The van der Waals surface area contributed by atoms with Gasteiger partial charge in [0.25, 0.3) is 0 Å². The molecule has 1 aromatic carbocycles. The molecule has 1 N–H and O–H groups in total. The summed E-state index contributed by atoms with van der Waals surface area (Å²) in [6.07, 6.45) is 3.05. The molecule has 1 aliphatic heterocycles. The molecule has 3 nitrogen and oxygen atoms in total. The van der Waals surface area contributed by atoms with Crippen LogP contribution in [0.25, 0.3) is 0 Å². The molecule has 0 aromatic heterocycles. The maximum Gasteiger partial charge on any atom is 0.154 e. The summed E-state index contributed by atoms with van der Waals surface area (Å²) in [4.78, 5) is 13.3. The van der Waals surface area contributed by atoms with Crippen LogP contribution in [0.3, 0.4) is 0 Å². The fourth-order valence-electron chi connectivity index (χ4n) is 2.65. The molecule has 0 saturated carbocycles. The second-order valence-corrected chi connectivity index (χ2v) is 5.28. The highest BCUT2D eigenvalue weighted by atomic mass is 16.3. The number of nitrogens with zero attached hydrogens (tertiary/aromatic N) is 1. The van der Waals surface area contributed by atoms with Crippen LogP contribution in [-0.4, -0.2) is 28.9 Å². The van der Waals surface area contributed by atoms with Crippen LogP contribution in [0.4, 0.5) is 0 Å². The van der Waals surface area contributed by atoms with Crippen molar-refractivity contribution < 1.29 is 9.90 Å². The van der Waals surface area contributed by atoms with E-state index in [9.17, 15) is 9.90 Å². The van der Waals surface area contributed by atoms with Gasteiger partial charge in [-0.1, -0.05) is 30.3 Å². The molecular weight excluding hydrogens is 238 g/mol. The molecular formula is C16H21NO2. The Hall–Kier alpha value is -1.61. The van der Waals surface area contributed by atoms with Crippen molar-refractivity contribution in [2.24, 2.45) is 0 Å². The minimum Gasteiger partial charge on any atom is -0.385 e. The smallest absolute Gasteiger partial charge is 0.154 e. The van der Waals surface area contributed by atoms with Crippen molar-refractivity contribution in [2.75, 3.05) is 13.1 Å². The summed E-state index contributed by atoms with van der Waals surface area (Å²) in [7, 11) is 0. The monoisotopic (exact) mass is 259 g/mol. The number of ketones is 1. The number of piperidine rings is 1. The predicted molar refractivity (Wildman–Crippen MR) is 75.6 cm³/mol. The van der Waals surface area contributed by atoms with E-state index in [0.717, 1.165) is 24.4 Å². The molecule has 0 aliphatic carbocycles. The molecule has 2 rings (SSSR count). The van der Waals surface area contributed by atoms with Crippen molar-refractivity contribution in [1.29, 1.82) is 0 Å². The molecule has 0 amide bonds. The number of likely N-dealkylation sites (tertiary alicyclic amines) is 1.